The van der Waals surface area contributed by atoms with Crippen LogP contribution in [0.1, 0.15) is 0 Å². The SMILES string of the molecule is c1ccc(-n2nnnc2-c2cccc3ssc23)cc1. The summed E-state index contributed by atoms with van der Waals surface area (Å²) in [6.45, 7) is 0. The quantitative estimate of drug-likeness (QED) is 0.528. The summed E-state index contributed by atoms with van der Waals surface area (Å²) in [5, 5.41) is 12.1. The highest BCUT2D eigenvalue weighted by atomic mass is 32.9. The highest BCUT2D eigenvalue weighted by molar-refractivity contribution is 7.78. The van der Waals surface area contributed by atoms with Crippen LogP contribution < -0.4 is 0 Å². The van der Waals surface area contributed by atoms with Crippen molar-refractivity contribution >= 4 is 30.1 Å². The molecule has 2 aromatic heterocycles. The van der Waals surface area contributed by atoms with Crippen LogP contribution >= 0.6 is 20.7 Å². The van der Waals surface area contributed by atoms with Crippen molar-refractivity contribution in [2.45, 2.75) is 0 Å². The molecule has 0 bridgehead atoms. The number of rotatable bonds is 2. The summed E-state index contributed by atoms with van der Waals surface area (Å²) in [6, 6.07) is 16.2. The van der Waals surface area contributed by atoms with Gasteiger partial charge in [0.05, 0.1) is 15.1 Å². The van der Waals surface area contributed by atoms with E-state index in [-0.39, 0.29) is 0 Å². The van der Waals surface area contributed by atoms with Crippen molar-refractivity contribution in [2.75, 3.05) is 0 Å². The van der Waals surface area contributed by atoms with Crippen molar-refractivity contribution in [3.63, 3.8) is 0 Å². The minimum Gasteiger partial charge on any atom is -0.193 e. The minimum atomic E-state index is 0.788. The fraction of sp³-hybridized carbons (Fsp3) is 0. The van der Waals surface area contributed by atoms with E-state index >= 15 is 0 Å². The van der Waals surface area contributed by atoms with Gasteiger partial charge in [0, 0.05) is 5.56 Å². The van der Waals surface area contributed by atoms with Gasteiger partial charge in [-0.2, -0.15) is 4.68 Å². The Morgan fingerprint density at radius 3 is 2.58 bits per heavy atom. The summed E-state index contributed by atoms with van der Waals surface area (Å²) in [5.74, 6) is 0.788. The third-order valence-electron chi connectivity index (χ3n) is 2.90. The average Bonchev–Trinajstić information content (AvgIpc) is 2.90. The maximum atomic E-state index is 4.18. The van der Waals surface area contributed by atoms with Gasteiger partial charge in [-0.3, -0.25) is 0 Å². The van der Waals surface area contributed by atoms with E-state index in [9.17, 15) is 0 Å². The summed E-state index contributed by atoms with van der Waals surface area (Å²) in [7, 11) is 3.55. The first-order valence-corrected chi connectivity index (χ1v) is 7.90. The zero-order chi connectivity index (χ0) is 12.7. The Morgan fingerprint density at radius 1 is 0.895 bits per heavy atom. The van der Waals surface area contributed by atoms with Gasteiger partial charge in [-0.15, -0.1) is 5.10 Å². The Morgan fingerprint density at radius 2 is 1.79 bits per heavy atom. The maximum Gasteiger partial charge on any atom is 0.188 e. The highest BCUT2D eigenvalue weighted by Gasteiger charge is 2.15. The lowest BCUT2D eigenvalue weighted by Crippen LogP contribution is -1.99. The zero-order valence-corrected chi connectivity index (χ0v) is 11.4. The Bertz CT molecular complexity index is 828. The van der Waals surface area contributed by atoms with Gasteiger partial charge >= 0.3 is 0 Å². The second-order valence-corrected chi connectivity index (χ2v) is 6.23. The molecule has 0 aliphatic heterocycles. The molecule has 0 amide bonds. The van der Waals surface area contributed by atoms with E-state index in [2.05, 4.69) is 27.7 Å². The molecule has 4 nitrogen and oxygen atoms in total. The molecule has 0 N–H and O–H groups in total. The van der Waals surface area contributed by atoms with Crippen molar-refractivity contribution in [1.29, 1.82) is 0 Å². The van der Waals surface area contributed by atoms with Crippen molar-refractivity contribution in [3.8, 4) is 17.1 Å². The van der Waals surface area contributed by atoms with E-state index in [0.29, 0.717) is 0 Å². The predicted molar refractivity (Wildman–Crippen MR) is 77.9 cm³/mol. The molecule has 0 aliphatic rings. The van der Waals surface area contributed by atoms with Crippen LogP contribution in [0.3, 0.4) is 0 Å². The van der Waals surface area contributed by atoms with Gasteiger partial charge in [0.25, 0.3) is 0 Å². The molecule has 0 atom stereocenters. The van der Waals surface area contributed by atoms with Gasteiger partial charge in [-0.25, -0.2) is 0 Å². The van der Waals surface area contributed by atoms with Crippen LogP contribution in [0.5, 0.6) is 0 Å². The van der Waals surface area contributed by atoms with Gasteiger partial charge in [0.1, 0.15) is 0 Å². The first kappa shape index (κ1) is 10.8. The Labute approximate surface area is 116 Å². The summed E-state index contributed by atoms with van der Waals surface area (Å²) < 4.78 is 4.34. The fourth-order valence-corrected chi connectivity index (χ4v) is 4.04. The molecule has 4 rings (SSSR count). The first-order chi connectivity index (χ1) is 9.43. The molecular formula is C13H8N4S2. The third kappa shape index (κ3) is 1.68. The van der Waals surface area contributed by atoms with Crippen LogP contribution in [0.2, 0.25) is 0 Å². The van der Waals surface area contributed by atoms with Crippen molar-refractivity contribution in [2.24, 2.45) is 0 Å². The number of fused-ring (bicyclic) bond motifs is 1. The second kappa shape index (κ2) is 4.25. The van der Waals surface area contributed by atoms with Crippen molar-refractivity contribution in [3.05, 3.63) is 48.5 Å². The number of tetrazole rings is 1. The van der Waals surface area contributed by atoms with Crippen molar-refractivity contribution < 1.29 is 0 Å². The second-order valence-electron chi connectivity index (χ2n) is 4.05. The molecule has 4 aromatic rings. The monoisotopic (exact) mass is 284 g/mol. The van der Waals surface area contributed by atoms with E-state index in [1.54, 1.807) is 25.4 Å². The number of hydrogen-bond acceptors (Lipinski definition) is 5. The molecule has 2 heterocycles. The minimum absolute atomic E-state index is 0.788. The molecule has 19 heavy (non-hydrogen) atoms. The molecule has 0 spiro atoms. The van der Waals surface area contributed by atoms with Gasteiger partial charge < -0.3 is 0 Å². The van der Waals surface area contributed by atoms with E-state index in [0.717, 1.165) is 17.1 Å². The van der Waals surface area contributed by atoms with E-state index in [1.165, 1.54) is 9.40 Å². The lowest BCUT2D eigenvalue weighted by atomic mass is 10.2. The van der Waals surface area contributed by atoms with E-state index < -0.39 is 0 Å². The summed E-state index contributed by atoms with van der Waals surface area (Å²) in [4.78, 5) is 0. The highest BCUT2D eigenvalue weighted by Crippen LogP contribution is 2.38. The molecule has 2 aromatic carbocycles. The fourth-order valence-electron chi connectivity index (χ4n) is 1.99. The molecular weight excluding hydrogens is 276 g/mol. The number of nitrogens with zero attached hydrogens (tertiary/aromatic N) is 4. The standard InChI is InChI=1S/C13H8N4S2/c1-2-5-9(6-3-1)17-13(14-15-16-17)10-7-4-8-11-12(10)19-18-11/h1-8H. The molecule has 0 radical (unpaired) electrons. The first-order valence-electron chi connectivity index (χ1n) is 5.75. The summed E-state index contributed by atoms with van der Waals surface area (Å²) in [6.07, 6.45) is 0. The summed E-state index contributed by atoms with van der Waals surface area (Å²) >= 11 is 0. The summed E-state index contributed by atoms with van der Waals surface area (Å²) in [5.41, 5.74) is 2.06. The van der Waals surface area contributed by atoms with Gasteiger partial charge in [0.15, 0.2) is 5.82 Å². The Balaban J connectivity index is 1.93. The predicted octanol–water partition coefficient (Wildman–Crippen LogP) is 3.61. The maximum absolute atomic E-state index is 4.18. The largest absolute Gasteiger partial charge is 0.193 e. The molecule has 0 aliphatic carbocycles. The molecule has 0 saturated heterocycles. The lowest BCUT2D eigenvalue weighted by molar-refractivity contribution is 0.791. The molecule has 0 fully saturated rings. The van der Waals surface area contributed by atoms with Crippen LogP contribution in [-0.4, -0.2) is 20.2 Å². The number of aromatic nitrogens is 4. The van der Waals surface area contributed by atoms with Crippen LogP contribution in [0.15, 0.2) is 48.5 Å². The number of hydrogen-bond donors (Lipinski definition) is 0. The van der Waals surface area contributed by atoms with Crippen LogP contribution in [0.25, 0.3) is 26.5 Å². The normalized spacial score (nSPS) is 11.2. The molecule has 0 saturated carbocycles. The molecule has 0 unspecified atom stereocenters. The van der Waals surface area contributed by atoms with E-state index in [4.69, 9.17) is 0 Å². The van der Waals surface area contributed by atoms with Crippen LogP contribution in [-0.2, 0) is 0 Å². The Hall–Kier alpha value is -2.05. The topological polar surface area (TPSA) is 43.6 Å². The average molecular weight is 284 g/mol. The number of para-hydroxylation sites is 1. The van der Waals surface area contributed by atoms with Crippen molar-refractivity contribution in [1.82, 2.24) is 20.2 Å². The number of benzene rings is 2. The molecule has 6 heteroatoms. The van der Waals surface area contributed by atoms with Gasteiger partial charge in [-0.05, 0) is 34.7 Å². The Kier molecular flexibility index (Phi) is 2.43. The van der Waals surface area contributed by atoms with Gasteiger partial charge in [-0.1, -0.05) is 44.9 Å². The third-order valence-corrected chi connectivity index (χ3v) is 5.53. The van der Waals surface area contributed by atoms with E-state index in [1.807, 2.05) is 36.4 Å². The van der Waals surface area contributed by atoms with Crippen LogP contribution in [0.4, 0.5) is 0 Å². The zero-order valence-electron chi connectivity index (χ0n) is 9.72. The molecule has 92 valence electrons. The van der Waals surface area contributed by atoms with Crippen LogP contribution in [0, 0.1) is 0 Å². The smallest absolute Gasteiger partial charge is 0.188 e. The van der Waals surface area contributed by atoms with Gasteiger partial charge in [0.2, 0.25) is 0 Å². The lowest BCUT2D eigenvalue weighted by Gasteiger charge is -2.07.